The highest BCUT2D eigenvalue weighted by atomic mass is 79.9. The lowest BCUT2D eigenvalue weighted by atomic mass is 10.2. The maximum atomic E-state index is 12.5. The predicted molar refractivity (Wildman–Crippen MR) is 77.0 cm³/mol. The van der Waals surface area contributed by atoms with Crippen LogP contribution >= 0.6 is 23.8 Å². The van der Waals surface area contributed by atoms with Gasteiger partial charge in [0.2, 0.25) is 0 Å². The normalized spacial score (nSPS) is 16.8. The van der Waals surface area contributed by atoms with Gasteiger partial charge in [-0.25, -0.2) is 4.57 Å². The van der Waals surface area contributed by atoms with Crippen LogP contribution in [0.25, 0.3) is 0 Å². The maximum absolute atomic E-state index is 12.5. The number of hydrogen-bond acceptors (Lipinski definition) is 5. The number of phosphoric ester groups is 1. The zero-order valence-electron chi connectivity index (χ0n) is 11.8. The van der Waals surface area contributed by atoms with Crippen molar-refractivity contribution in [2.24, 2.45) is 11.8 Å². The first-order valence-corrected chi connectivity index (χ1v) is 8.61. The first kappa shape index (κ1) is 17.2. The van der Waals surface area contributed by atoms with E-state index in [0.717, 1.165) is 4.48 Å². The van der Waals surface area contributed by atoms with Crippen LogP contribution in [-0.2, 0) is 22.9 Å². The van der Waals surface area contributed by atoms with E-state index in [2.05, 4.69) is 15.9 Å². The predicted octanol–water partition coefficient (Wildman–Crippen LogP) is 4.09. The molecule has 0 saturated heterocycles. The van der Waals surface area contributed by atoms with Crippen molar-refractivity contribution in [3.8, 4) is 0 Å². The van der Waals surface area contributed by atoms with Gasteiger partial charge in [0.15, 0.2) is 0 Å². The Bertz CT molecular complexity index is 351. The van der Waals surface area contributed by atoms with Crippen LogP contribution in [0, 0.1) is 11.8 Å². The fourth-order valence-corrected chi connectivity index (χ4v) is 3.23. The molecule has 0 bridgehead atoms. The Morgan fingerprint density at radius 3 is 2.05 bits per heavy atom. The molecule has 112 valence electrons. The van der Waals surface area contributed by atoms with E-state index < -0.39 is 7.82 Å². The Morgan fingerprint density at radius 2 is 1.68 bits per heavy atom. The van der Waals surface area contributed by atoms with Crippen LogP contribution in [0.5, 0.6) is 0 Å². The fraction of sp³-hybridized carbons (Fsp3) is 0.833. The van der Waals surface area contributed by atoms with Gasteiger partial charge in [-0.1, -0.05) is 27.7 Å². The largest absolute Gasteiger partial charge is 0.529 e. The molecule has 0 radical (unpaired) electrons. The summed E-state index contributed by atoms with van der Waals surface area (Å²) in [4.78, 5) is 0. The summed E-state index contributed by atoms with van der Waals surface area (Å²) in [6, 6.07) is 0. The lowest BCUT2D eigenvalue weighted by Gasteiger charge is -2.20. The standard InChI is InChI=1S/C12H22BrO5P/c1-9(2)5-16-19(14,17-6-10(3)4)18-12-8-15-7-11(12)13/h9-10H,5-8H2,1-4H3. The molecule has 5 nitrogen and oxygen atoms in total. The number of phosphoric acid groups is 1. The van der Waals surface area contributed by atoms with Gasteiger partial charge in [-0.2, -0.15) is 0 Å². The van der Waals surface area contributed by atoms with Gasteiger partial charge < -0.3 is 9.26 Å². The Kier molecular flexibility index (Phi) is 7.05. The number of hydrogen-bond donors (Lipinski definition) is 0. The maximum Gasteiger partial charge on any atom is 0.529 e. The van der Waals surface area contributed by atoms with Gasteiger partial charge in [0.05, 0.1) is 24.3 Å². The van der Waals surface area contributed by atoms with E-state index in [1.165, 1.54) is 0 Å². The molecule has 0 aromatic heterocycles. The summed E-state index contributed by atoms with van der Waals surface area (Å²) in [6.45, 7) is 9.23. The average Bonchev–Trinajstić information content (AvgIpc) is 2.70. The van der Waals surface area contributed by atoms with Gasteiger partial charge in [-0.3, -0.25) is 9.05 Å². The Balaban J connectivity index is 2.67. The molecule has 0 fully saturated rings. The fourth-order valence-electron chi connectivity index (χ4n) is 1.17. The second-order valence-electron chi connectivity index (χ2n) is 5.24. The quantitative estimate of drug-likeness (QED) is 0.613. The second kappa shape index (κ2) is 7.79. The van der Waals surface area contributed by atoms with Crippen LogP contribution in [0.3, 0.4) is 0 Å². The van der Waals surface area contributed by atoms with Crippen LogP contribution in [0.4, 0.5) is 0 Å². The SMILES string of the molecule is CC(C)COP(=O)(OCC(C)C)OC1=C(Br)COC1. The summed E-state index contributed by atoms with van der Waals surface area (Å²) in [5.41, 5.74) is 0. The lowest BCUT2D eigenvalue weighted by molar-refractivity contribution is 0.104. The van der Waals surface area contributed by atoms with Crippen molar-refractivity contribution in [1.29, 1.82) is 0 Å². The van der Waals surface area contributed by atoms with Crippen molar-refractivity contribution < 1.29 is 22.9 Å². The smallest absolute Gasteiger partial charge is 0.405 e. The van der Waals surface area contributed by atoms with Crippen molar-refractivity contribution in [2.45, 2.75) is 27.7 Å². The molecule has 19 heavy (non-hydrogen) atoms. The highest BCUT2D eigenvalue weighted by Gasteiger charge is 2.32. The molecule has 0 saturated carbocycles. The van der Waals surface area contributed by atoms with Crippen LogP contribution in [0.15, 0.2) is 10.2 Å². The van der Waals surface area contributed by atoms with Gasteiger partial charge in [-0.15, -0.1) is 0 Å². The van der Waals surface area contributed by atoms with Crippen LogP contribution in [-0.4, -0.2) is 26.4 Å². The molecule has 0 N–H and O–H groups in total. The highest BCUT2D eigenvalue weighted by Crippen LogP contribution is 2.53. The van der Waals surface area contributed by atoms with Gasteiger partial charge >= 0.3 is 7.82 Å². The van der Waals surface area contributed by atoms with Crippen molar-refractivity contribution in [3.63, 3.8) is 0 Å². The van der Waals surface area contributed by atoms with Crippen molar-refractivity contribution >= 4 is 23.8 Å². The highest BCUT2D eigenvalue weighted by molar-refractivity contribution is 9.11. The molecule has 1 rings (SSSR count). The molecule has 1 aliphatic rings. The average molecular weight is 357 g/mol. The summed E-state index contributed by atoms with van der Waals surface area (Å²) in [7, 11) is -3.58. The summed E-state index contributed by atoms with van der Waals surface area (Å²) in [5.74, 6) is 0.976. The molecule has 1 heterocycles. The van der Waals surface area contributed by atoms with E-state index in [1.54, 1.807) is 0 Å². The first-order chi connectivity index (χ1) is 8.82. The Labute approximate surface area is 123 Å². The minimum Gasteiger partial charge on any atom is -0.405 e. The van der Waals surface area contributed by atoms with Gasteiger partial charge in [0.1, 0.15) is 12.4 Å². The van der Waals surface area contributed by atoms with E-state index in [4.69, 9.17) is 18.3 Å². The lowest BCUT2D eigenvalue weighted by Crippen LogP contribution is -2.09. The summed E-state index contributed by atoms with van der Waals surface area (Å²) >= 11 is 3.31. The van der Waals surface area contributed by atoms with Crippen LogP contribution in [0.2, 0.25) is 0 Å². The minimum atomic E-state index is -3.58. The number of rotatable bonds is 8. The first-order valence-electron chi connectivity index (χ1n) is 6.36. The third kappa shape index (κ3) is 6.41. The zero-order chi connectivity index (χ0) is 14.5. The van der Waals surface area contributed by atoms with E-state index in [9.17, 15) is 4.57 Å². The zero-order valence-corrected chi connectivity index (χ0v) is 14.3. The minimum absolute atomic E-state index is 0.247. The molecule has 0 aromatic carbocycles. The molecular weight excluding hydrogens is 335 g/mol. The molecule has 7 heteroatoms. The van der Waals surface area contributed by atoms with Crippen molar-refractivity contribution in [1.82, 2.24) is 0 Å². The topological polar surface area (TPSA) is 54.0 Å². The van der Waals surface area contributed by atoms with Gasteiger partial charge in [0.25, 0.3) is 0 Å². The summed E-state index contributed by atoms with van der Waals surface area (Å²) in [6.07, 6.45) is 0. The molecule has 0 unspecified atom stereocenters. The third-order valence-corrected chi connectivity index (χ3v) is 4.16. The molecule has 0 amide bonds. The van der Waals surface area contributed by atoms with Crippen molar-refractivity contribution in [3.05, 3.63) is 10.2 Å². The van der Waals surface area contributed by atoms with E-state index >= 15 is 0 Å². The van der Waals surface area contributed by atoms with Gasteiger partial charge in [-0.05, 0) is 27.8 Å². The third-order valence-electron chi connectivity index (χ3n) is 2.12. The summed E-state index contributed by atoms with van der Waals surface area (Å²) in [5, 5.41) is 0. The Hall–Kier alpha value is 0.130. The molecule has 1 aliphatic heterocycles. The second-order valence-corrected chi connectivity index (χ2v) is 7.79. The molecule has 0 spiro atoms. The van der Waals surface area contributed by atoms with E-state index in [-0.39, 0.29) is 18.4 Å². The molecule has 0 atom stereocenters. The molecule has 0 aromatic rings. The number of halogens is 1. The Morgan fingerprint density at radius 1 is 1.16 bits per heavy atom. The number of ether oxygens (including phenoxy) is 1. The molecule has 0 aliphatic carbocycles. The monoisotopic (exact) mass is 356 g/mol. The van der Waals surface area contributed by atoms with Gasteiger partial charge in [0, 0.05) is 0 Å². The van der Waals surface area contributed by atoms with Crippen LogP contribution in [0.1, 0.15) is 27.7 Å². The van der Waals surface area contributed by atoms with Crippen LogP contribution < -0.4 is 0 Å². The van der Waals surface area contributed by atoms with E-state index in [0.29, 0.717) is 25.6 Å². The van der Waals surface area contributed by atoms with E-state index in [1.807, 2.05) is 27.7 Å². The molecular formula is C12H22BrO5P. The van der Waals surface area contributed by atoms with Crippen molar-refractivity contribution in [2.75, 3.05) is 26.4 Å². The summed E-state index contributed by atoms with van der Waals surface area (Å²) < 4.78 is 34.6.